The minimum absolute atomic E-state index is 0.104. The molecule has 3 heteroatoms. The number of nitrogens with zero attached hydrogens (tertiary/aromatic N) is 1. The van der Waals surface area contributed by atoms with Crippen LogP contribution in [0, 0.1) is 5.41 Å². The van der Waals surface area contributed by atoms with E-state index in [1.54, 1.807) is 0 Å². The van der Waals surface area contributed by atoms with Gasteiger partial charge >= 0.3 is 0 Å². The van der Waals surface area contributed by atoms with Crippen LogP contribution in [0.25, 0.3) is 0 Å². The van der Waals surface area contributed by atoms with Crippen molar-refractivity contribution in [1.29, 1.82) is 0 Å². The average molecular weight is 274 g/mol. The van der Waals surface area contributed by atoms with Crippen molar-refractivity contribution in [2.45, 2.75) is 45.1 Å². The van der Waals surface area contributed by atoms with Crippen LogP contribution in [-0.2, 0) is 0 Å². The minimum Gasteiger partial charge on any atom is -0.491 e. The second-order valence-corrected chi connectivity index (χ2v) is 7.09. The largest absolute Gasteiger partial charge is 0.491 e. The predicted octanol–water partition coefficient (Wildman–Crippen LogP) is 3.18. The first kappa shape index (κ1) is 13.7. The SMILES string of the molecule is CC1(C)CCC(CN)(N2CCCOc3ccccc32)C1. The topological polar surface area (TPSA) is 38.5 Å². The maximum atomic E-state index is 6.25. The van der Waals surface area contributed by atoms with E-state index in [0.29, 0.717) is 5.41 Å². The molecule has 20 heavy (non-hydrogen) atoms. The van der Waals surface area contributed by atoms with Gasteiger partial charge in [-0.05, 0) is 43.2 Å². The van der Waals surface area contributed by atoms with E-state index in [9.17, 15) is 0 Å². The van der Waals surface area contributed by atoms with Gasteiger partial charge in [-0.2, -0.15) is 0 Å². The molecule has 1 aromatic rings. The van der Waals surface area contributed by atoms with Crippen molar-refractivity contribution in [1.82, 2.24) is 0 Å². The number of anilines is 1. The maximum absolute atomic E-state index is 6.25. The van der Waals surface area contributed by atoms with Crippen LogP contribution in [0.3, 0.4) is 0 Å². The summed E-state index contributed by atoms with van der Waals surface area (Å²) in [5.74, 6) is 1.02. The lowest BCUT2D eigenvalue weighted by Gasteiger charge is -2.43. The van der Waals surface area contributed by atoms with Crippen molar-refractivity contribution in [2.75, 3.05) is 24.6 Å². The first-order valence-corrected chi connectivity index (χ1v) is 7.76. The summed E-state index contributed by atoms with van der Waals surface area (Å²) in [6.45, 7) is 7.31. The molecule has 2 N–H and O–H groups in total. The van der Waals surface area contributed by atoms with Crippen LogP contribution in [0.4, 0.5) is 5.69 Å². The Morgan fingerprint density at radius 2 is 2.05 bits per heavy atom. The highest BCUT2D eigenvalue weighted by Crippen LogP contribution is 2.49. The molecule has 0 radical (unpaired) electrons. The van der Waals surface area contributed by atoms with E-state index in [4.69, 9.17) is 10.5 Å². The molecule has 1 saturated carbocycles. The van der Waals surface area contributed by atoms with Gasteiger partial charge in [-0.3, -0.25) is 0 Å². The Kier molecular flexibility index (Phi) is 3.41. The summed E-state index contributed by atoms with van der Waals surface area (Å²) in [6.07, 6.45) is 4.68. The molecule has 0 saturated heterocycles. The van der Waals surface area contributed by atoms with Crippen molar-refractivity contribution >= 4 is 5.69 Å². The Bertz CT molecular complexity index is 486. The Hall–Kier alpha value is -1.22. The lowest BCUT2D eigenvalue weighted by atomic mass is 9.86. The van der Waals surface area contributed by atoms with Gasteiger partial charge < -0.3 is 15.4 Å². The number of nitrogens with two attached hydrogens (primary N) is 1. The molecule has 110 valence electrons. The summed E-state index contributed by atoms with van der Waals surface area (Å²) >= 11 is 0. The van der Waals surface area contributed by atoms with Crippen LogP contribution >= 0.6 is 0 Å². The number of hydrogen-bond acceptors (Lipinski definition) is 3. The van der Waals surface area contributed by atoms with Crippen molar-refractivity contribution in [3.63, 3.8) is 0 Å². The van der Waals surface area contributed by atoms with Crippen molar-refractivity contribution in [3.8, 4) is 5.75 Å². The summed E-state index contributed by atoms with van der Waals surface area (Å²) in [6, 6.07) is 8.42. The molecule has 2 aliphatic rings. The van der Waals surface area contributed by atoms with Gasteiger partial charge in [-0.25, -0.2) is 0 Å². The Balaban J connectivity index is 2.00. The van der Waals surface area contributed by atoms with Gasteiger partial charge in [0.1, 0.15) is 5.75 Å². The van der Waals surface area contributed by atoms with Crippen molar-refractivity contribution in [3.05, 3.63) is 24.3 Å². The number of para-hydroxylation sites is 2. The molecule has 1 fully saturated rings. The number of hydrogen-bond donors (Lipinski definition) is 1. The normalized spacial score (nSPS) is 28.6. The zero-order valence-electron chi connectivity index (χ0n) is 12.7. The van der Waals surface area contributed by atoms with Crippen molar-refractivity contribution < 1.29 is 4.74 Å². The first-order valence-electron chi connectivity index (χ1n) is 7.76. The van der Waals surface area contributed by atoms with Gasteiger partial charge in [-0.1, -0.05) is 26.0 Å². The lowest BCUT2D eigenvalue weighted by Crippen LogP contribution is -2.53. The molecular weight excluding hydrogens is 248 g/mol. The quantitative estimate of drug-likeness (QED) is 0.900. The molecule has 1 unspecified atom stereocenters. The zero-order chi connectivity index (χ0) is 14.2. The molecule has 1 aromatic carbocycles. The number of ether oxygens (including phenoxy) is 1. The van der Waals surface area contributed by atoms with Crippen LogP contribution in [0.5, 0.6) is 5.75 Å². The summed E-state index contributed by atoms with van der Waals surface area (Å²) in [7, 11) is 0. The zero-order valence-corrected chi connectivity index (χ0v) is 12.7. The third kappa shape index (κ3) is 2.28. The van der Waals surface area contributed by atoms with E-state index < -0.39 is 0 Å². The summed E-state index contributed by atoms with van der Waals surface area (Å²) in [4.78, 5) is 2.55. The van der Waals surface area contributed by atoms with Gasteiger partial charge in [0.25, 0.3) is 0 Å². The summed E-state index contributed by atoms with van der Waals surface area (Å²) < 4.78 is 5.90. The Morgan fingerprint density at radius 3 is 2.75 bits per heavy atom. The van der Waals surface area contributed by atoms with Gasteiger partial charge in [0.15, 0.2) is 0 Å². The monoisotopic (exact) mass is 274 g/mol. The number of fused-ring (bicyclic) bond motifs is 1. The third-order valence-electron chi connectivity index (χ3n) is 4.97. The molecular formula is C17H26N2O. The lowest BCUT2D eigenvalue weighted by molar-refractivity contribution is 0.314. The molecule has 1 atom stereocenters. The van der Waals surface area contributed by atoms with Gasteiger partial charge in [0, 0.05) is 13.1 Å². The number of benzene rings is 1. The van der Waals surface area contributed by atoms with Crippen LogP contribution in [0.2, 0.25) is 0 Å². The Morgan fingerprint density at radius 1 is 1.25 bits per heavy atom. The smallest absolute Gasteiger partial charge is 0.142 e. The molecule has 1 heterocycles. The fourth-order valence-corrected chi connectivity index (χ4v) is 3.97. The molecule has 3 nitrogen and oxygen atoms in total. The van der Waals surface area contributed by atoms with E-state index in [1.807, 2.05) is 0 Å². The van der Waals surface area contributed by atoms with Crippen LogP contribution < -0.4 is 15.4 Å². The average Bonchev–Trinajstić information content (AvgIpc) is 2.63. The molecule has 1 aliphatic heterocycles. The maximum Gasteiger partial charge on any atom is 0.142 e. The number of rotatable bonds is 2. The van der Waals surface area contributed by atoms with E-state index in [1.165, 1.54) is 24.9 Å². The predicted molar refractivity (Wildman–Crippen MR) is 83.3 cm³/mol. The van der Waals surface area contributed by atoms with Crippen molar-refractivity contribution in [2.24, 2.45) is 11.1 Å². The molecule has 3 rings (SSSR count). The van der Waals surface area contributed by atoms with Crippen LogP contribution in [0.15, 0.2) is 24.3 Å². The first-order chi connectivity index (χ1) is 9.56. The van der Waals surface area contributed by atoms with E-state index in [-0.39, 0.29) is 5.54 Å². The highest BCUT2D eigenvalue weighted by Gasteiger charge is 2.47. The molecule has 1 aliphatic carbocycles. The molecule has 0 spiro atoms. The van der Waals surface area contributed by atoms with Crippen LogP contribution in [0.1, 0.15) is 39.5 Å². The highest BCUT2D eigenvalue weighted by molar-refractivity contribution is 5.61. The third-order valence-corrected chi connectivity index (χ3v) is 4.97. The second-order valence-electron chi connectivity index (χ2n) is 7.09. The van der Waals surface area contributed by atoms with E-state index in [2.05, 4.69) is 43.0 Å². The fourth-order valence-electron chi connectivity index (χ4n) is 3.97. The molecule has 0 bridgehead atoms. The van der Waals surface area contributed by atoms with Gasteiger partial charge in [0.2, 0.25) is 0 Å². The standard InChI is InChI=1S/C17H26N2O/c1-16(2)8-9-17(12-16,13-18)19-10-5-11-20-15-7-4-3-6-14(15)19/h3-4,6-7H,5,8-13,18H2,1-2H3. The highest BCUT2D eigenvalue weighted by atomic mass is 16.5. The van der Waals surface area contributed by atoms with E-state index in [0.717, 1.165) is 31.9 Å². The molecule has 0 amide bonds. The van der Waals surface area contributed by atoms with Gasteiger partial charge in [0.05, 0.1) is 17.8 Å². The van der Waals surface area contributed by atoms with E-state index >= 15 is 0 Å². The molecule has 0 aromatic heterocycles. The second kappa shape index (κ2) is 4.96. The Labute approximate surface area is 122 Å². The summed E-state index contributed by atoms with van der Waals surface area (Å²) in [5, 5.41) is 0. The van der Waals surface area contributed by atoms with Gasteiger partial charge in [-0.15, -0.1) is 0 Å². The fraction of sp³-hybridized carbons (Fsp3) is 0.647. The van der Waals surface area contributed by atoms with Crippen LogP contribution in [-0.4, -0.2) is 25.2 Å². The minimum atomic E-state index is 0.104. The summed E-state index contributed by atoms with van der Waals surface area (Å²) in [5.41, 5.74) is 7.97.